The van der Waals surface area contributed by atoms with Gasteiger partial charge in [0.2, 0.25) is 0 Å². The Hall–Kier alpha value is -1.88. The third-order valence-electron chi connectivity index (χ3n) is 3.28. The fourth-order valence-corrected chi connectivity index (χ4v) is 2.26. The smallest absolute Gasteiger partial charge is 0.163 e. The highest BCUT2D eigenvalue weighted by Gasteiger charge is 2.21. The molecule has 112 valence electrons. The fourth-order valence-electron chi connectivity index (χ4n) is 2.26. The van der Waals surface area contributed by atoms with Crippen molar-refractivity contribution >= 4 is 0 Å². The minimum absolute atomic E-state index is 0.0551. The Kier molecular flexibility index (Phi) is 4.96. The molecule has 0 aliphatic heterocycles. The Morgan fingerprint density at radius 1 is 0.905 bits per heavy atom. The van der Waals surface area contributed by atoms with Crippen LogP contribution in [0.3, 0.4) is 0 Å². The molecule has 0 radical (unpaired) electrons. The molecule has 0 saturated heterocycles. The van der Waals surface area contributed by atoms with Crippen molar-refractivity contribution in [3.63, 3.8) is 0 Å². The van der Waals surface area contributed by atoms with E-state index in [1.54, 1.807) is 6.92 Å². The van der Waals surface area contributed by atoms with Gasteiger partial charge in [0.25, 0.3) is 0 Å². The largest absolute Gasteiger partial charge is 0.310 e. The standard InChI is InChI=1S/C16H15F4N/c1-2-21-15(10-5-3-8-14(19)16(10)20)9-11-12(17)6-4-7-13(11)18/h3-8,15,21H,2,9H2,1H3. The first-order chi connectivity index (χ1) is 10.0. The molecule has 2 rings (SSSR count). The van der Waals surface area contributed by atoms with Gasteiger partial charge in [0.05, 0.1) is 0 Å². The molecule has 0 spiro atoms. The van der Waals surface area contributed by atoms with E-state index in [1.807, 2.05) is 0 Å². The Labute approximate surface area is 120 Å². The van der Waals surface area contributed by atoms with Crippen molar-refractivity contribution in [3.8, 4) is 0 Å². The van der Waals surface area contributed by atoms with Gasteiger partial charge in [0.1, 0.15) is 11.6 Å². The van der Waals surface area contributed by atoms with Crippen LogP contribution in [0.15, 0.2) is 36.4 Å². The van der Waals surface area contributed by atoms with E-state index < -0.39 is 29.3 Å². The van der Waals surface area contributed by atoms with E-state index in [1.165, 1.54) is 18.2 Å². The summed E-state index contributed by atoms with van der Waals surface area (Å²) in [4.78, 5) is 0. The first-order valence-corrected chi connectivity index (χ1v) is 6.64. The van der Waals surface area contributed by atoms with Gasteiger partial charge in [0.15, 0.2) is 11.6 Å². The predicted octanol–water partition coefficient (Wildman–Crippen LogP) is 4.14. The van der Waals surface area contributed by atoms with Crippen LogP contribution >= 0.6 is 0 Å². The van der Waals surface area contributed by atoms with Crippen LogP contribution in [0, 0.1) is 23.3 Å². The van der Waals surface area contributed by atoms with Gasteiger partial charge in [-0.15, -0.1) is 0 Å². The van der Waals surface area contributed by atoms with Gasteiger partial charge in [-0.05, 0) is 31.2 Å². The molecular formula is C16H15F4N. The molecule has 1 unspecified atom stereocenters. The number of benzene rings is 2. The summed E-state index contributed by atoms with van der Waals surface area (Å²) in [5.41, 5.74) is -0.0911. The number of hydrogen-bond acceptors (Lipinski definition) is 1. The summed E-state index contributed by atoms with van der Waals surface area (Å²) in [5, 5.41) is 2.93. The van der Waals surface area contributed by atoms with Crippen molar-refractivity contribution in [2.24, 2.45) is 0 Å². The van der Waals surface area contributed by atoms with E-state index in [0.29, 0.717) is 6.54 Å². The highest BCUT2D eigenvalue weighted by molar-refractivity contribution is 5.27. The highest BCUT2D eigenvalue weighted by Crippen LogP contribution is 2.25. The molecule has 2 aromatic rings. The minimum atomic E-state index is -1.000. The SMILES string of the molecule is CCNC(Cc1c(F)cccc1F)c1cccc(F)c1F. The van der Waals surface area contributed by atoms with Gasteiger partial charge in [0, 0.05) is 17.2 Å². The molecule has 1 atom stereocenters. The third-order valence-corrected chi connectivity index (χ3v) is 3.28. The van der Waals surface area contributed by atoms with Crippen LogP contribution in [0.25, 0.3) is 0 Å². The molecule has 0 fully saturated rings. The zero-order chi connectivity index (χ0) is 15.4. The molecule has 0 aliphatic carbocycles. The van der Waals surface area contributed by atoms with Crippen LogP contribution < -0.4 is 5.32 Å². The molecular weight excluding hydrogens is 282 g/mol. The number of halogens is 4. The quantitative estimate of drug-likeness (QED) is 0.818. The van der Waals surface area contributed by atoms with E-state index in [0.717, 1.165) is 18.2 Å². The lowest BCUT2D eigenvalue weighted by molar-refractivity contribution is 0.453. The first kappa shape index (κ1) is 15.5. The van der Waals surface area contributed by atoms with Gasteiger partial charge in [-0.3, -0.25) is 0 Å². The van der Waals surface area contributed by atoms with Crippen molar-refractivity contribution in [2.75, 3.05) is 6.54 Å². The molecule has 0 aromatic heterocycles. The van der Waals surface area contributed by atoms with E-state index in [9.17, 15) is 17.6 Å². The van der Waals surface area contributed by atoms with Crippen LogP contribution in [0.4, 0.5) is 17.6 Å². The molecule has 0 saturated carbocycles. The second kappa shape index (κ2) is 6.72. The number of nitrogens with one attached hydrogen (secondary N) is 1. The maximum atomic E-state index is 13.9. The topological polar surface area (TPSA) is 12.0 Å². The zero-order valence-electron chi connectivity index (χ0n) is 11.5. The second-order valence-corrected chi connectivity index (χ2v) is 4.66. The summed E-state index contributed by atoms with van der Waals surface area (Å²) in [7, 11) is 0. The van der Waals surface area contributed by atoms with E-state index >= 15 is 0 Å². The van der Waals surface area contributed by atoms with Gasteiger partial charge in [-0.1, -0.05) is 25.1 Å². The van der Waals surface area contributed by atoms with E-state index in [4.69, 9.17) is 0 Å². The Morgan fingerprint density at radius 3 is 2.10 bits per heavy atom. The summed E-state index contributed by atoms with van der Waals surface area (Å²) in [6, 6.07) is 6.62. The molecule has 1 nitrogen and oxygen atoms in total. The molecule has 0 heterocycles. The van der Waals surface area contributed by atoms with Gasteiger partial charge >= 0.3 is 0 Å². The van der Waals surface area contributed by atoms with E-state index in [2.05, 4.69) is 5.32 Å². The second-order valence-electron chi connectivity index (χ2n) is 4.66. The normalized spacial score (nSPS) is 12.4. The predicted molar refractivity (Wildman–Crippen MR) is 72.8 cm³/mol. The lowest BCUT2D eigenvalue weighted by Crippen LogP contribution is -2.25. The number of rotatable bonds is 5. The lowest BCUT2D eigenvalue weighted by atomic mass is 9.97. The van der Waals surface area contributed by atoms with Crippen molar-refractivity contribution in [1.29, 1.82) is 0 Å². The van der Waals surface area contributed by atoms with Crippen molar-refractivity contribution in [3.05, 3.63) is 70.8 Å². The minimum Gasteiger partial charge on any atom is -0.310 e. The van der Waals surface area contributed by atoms with Crippen LogP contribution in [0.1, 0.15) is 24.1 Å². The van der Waals surface area contributed by atoms with Gasteiger partial charge < -0.3 is 5.32 Å². The number of likely N-dealkylation sites (N-methyl/N-ethyl adjacent to an activating group) is 1. The van der Waals surface area contributed by atoms with Crippen molar-refractivity contribution < 1.29 is 17.6 Å². The van der Waals surface area contributed by atoms with Crippen molar-refractivity contribution in [1.82, 2.24) is 5.32 Å². The zero-order valence-corrected chi connectivity index (χ0v) is 11.5. The van der Waals surface area contributed by atoms with Crippen LogP contribution in [0.5, 0.6) is 0 Å². The Balaban J connectivity index is 2.38. The Bertz CT molecular complexity index is 607. The van der Waals surface area contributed by atoms with Gasteiger partial charge in [-0.25, -0.2) is 17.6 Å². The molecule has 0 amide bonds. The Morgan fingerprint density at radius 2 is 1.48 bits per heavy atom. The molecule has 21 heavy (non-hydrogen) atoms. The van der Waals surface area contributed by atoms with Crippen LogP contribution in [-0.2, 0) is 6.42 Å². The molecule has 2 aromatic carbocycles. The van der Waals surface area contributed by atoms with E-state index in [-0.39, 0.29) is 17.5 Å². The summed E-state index contributed by atoms with van der Waals surface area (Å²) in [6.45, 7) is 2.23. The van der Waals surface area contributed by atoms with Crippen molar-refractivity contribution in [2.45, 2.75) is 19.4 Å². The lowest BCUT2D eigenvalue weighted by Gasteiger charge is -2.20. The average Bonchev–Trinajstić information content (AvgIpc) is 2.45. The van der Waals surface area contributed by atoms with Crippen LogP contribution in [0.2, 0.25) is 0 Å². The maximum Gasteiger partial charge on any atom is 0.163 e. The number of hydrogen-bond donors (Lipinski definition) is 1. The summed E-state index contributed by atoms with van der Waals surface area (Å²) < 4.78 is 54.6. The summed E-state index contributed by atoms with van der Waals surface area (Å²) in [6.07, 6.45) is -0.104. The van der Waals surface area contributed by atoms with Crippen LogP contribution in [-0.4, -0.2) is 6.54 Å². The summed E-state index contributed by atoms with van der Waals surface area (Å²) in [5.74, 6) is -3.38. The molecule has 0 aliphatic rings. The third kappa shape index (κ3) is 3.42. The summed E-state index contributed by atoms with van der Waals surface area (Å²) >= 11 is 0. The maximum absolute atomic E-state index is 13.9. The monoisotopic (exact) mass is 297 g/mol. The highest BCUT2D eigenvalue weighted by atomic mass is 19.2. The average molecular weight is 297 g/mol. The molecule has 1 N–H and O–H groups in total. The first-order valence-electron chi connectivity index (χ1n) is 6.64. The van der Waals surface area contributed by atoms with Gasteiger partial charge in [-0.2, -0.15) is 0 Å². The molecule has 5 heteroatoms. The molecule has 0 bridgehead atoms. The fraction of sp³-hybridized carbons (Fsp3) is 0.250.